The van der Waals surface area contributed by atoms with E-state index in [4.69, 9.17) is 14.5 Å². The number of nitrogens with zero attached hydrogens (tertiary/aromatic N) is 5. The minimum Gasteiger partial charge on any atom is -0.489 e. The van der Waals surface area contributed by atoms with Gasteiger partial charge in [-0.05, 0) is 106 Å². The summed E-state index contributed by atoms with van der Waals surface area (Å²) < 4.78 is 15.5. The van der Waals surface area contributed by atoms with Gasteiger partial charge in [0.2, 0.25) is 5.95 Å². The molecule has 240 valence electrons. The van der Waals surface area contributed by atoms with Crippen molar-refractivity contribution < 1.29 is 14.3 Å². The monoisotopic (exact) mass is 622 g/mol. The number of hydrogen-bond acceptors (Lipinski definition) is 8. The molecule has 46 heavy (non-hydrogen) atoms. The molecule has 1 N–H and O–H groups in total. The van der Waals surface area contributed by atoms with Crippen molar-refractivity contribution in [2.45, 2.75) is 57.6 Å². The van der Waals surface area contributed by atoms with Gasteiger partial charge in [0, 0.05) is 61.9 Å². The quantitative estimate of drug-likeness (QED) is 0.242. The maximum Gasteiger partial charge on any atom is 0.263 e. The highest BCUT2D eigenvalue weighted by atomic mass is 16.5. The van der Waals surface area contributed by atoms with E-state index in [1.807, 2.05) is 37.5 Å². The Hall–Kier alpha value is -4.28. The maximum atomic E-state index is 14.2. The average Bonchev–Trinajstić information content (AvgIpc) is 3.73. The van der Waals surface area contributed by atoms with Crippen LogP contribution in [0.5, 0.6) is 5.75 Å². The number of benzene rings is 1. The van der Waals surface area contributed by atoms with Gasteiger partial charge in [-0.3, -0.25) is 14.2 Å². The summed E-state index contributed by atoms with van der Waals surface area (Å²) in [4.78, 5) is 39.6. The van der Waals surface area contributed by atoms with Crippen molar-refractivity contribution in [3.63, 3.8) is 0 Å². The Morgan fingerprint density at radius 2 is 1.91 bits per heavy atom. The third kappa shape index (κ3) is 6.37. The normalized spacial score (nSPS) is 19.3. The summed E-state index contributed by atoms with van der Waals surface area (Å²) in [5, 5.41) is 3.95. The number of likely N-dealkylation sites (N-methyl/N-ethyl adjacent to an activating group) is 1. The van der Waals surface area contributed by atoms with E-state index in [1.54, 1.807) is 16.8 Å². The molecule has 0 bridgehead atoms. The molecule has 10 nitrogen and oxygen atoms in total. The summed E-state index contributed by atoms with van der Waals surface area (Å²) in [6, 6.07) is 11.5. The van der Waals surface area contributed by atoms with Crippen LogP contribution in [0.3, 0.4) is 0 Å². The molecule has 0 saturated carbocycles. The van der Waals surface area contributed by atoms with Crippen LogP contribution in [0.25, 0.3) is 16.6 Å². The highest BCUT2D eigenvalue weighted by Crippen LogP contribution is 2.31. The number of Topliss-reactive ketones (excluding diaryl/α,β-unsaturated/α-hetero) is 1. The number of pyridine rings is 1. The van der Waals surface area contributed by atoms with Crippen molar-refractivity contribution in [1.82, 2.24) is 24.0 Å². The summed E-state index contributed by atoms with van der Waals surface area (Å²) >= 11 is 0. The minimum absolute atomic E-state index is 0.125. The van der Waals surface area contributed by atoms with Gasteiger partial charge in [-0.15, -0.1) is 0 Å². The third-order valence-electron chi connectivity index (χ3n) is 9.51. The molecule has 5 heterocycles. The van der Waals surface area contributed by atoms with Crippen molar-refractivity contribution in [2.75, 3.05) is 38.7 Å². The molecule has 2 saturated heterocycles. The lowest BCUT2D eigenvalue weighted by Crippen LogP contribution is -2.38. The van der Waals surface area contributed by atoms with E-state index in [9.17, 15) is 9.59 Å². The smallest absolute Gasteiger partial charge is 0.263 e. The highest BCUT2D eigenvalue weighted by Gasteiger charge is 2.27. The SMILES string of the molecule is CN1CCCC(Oc2ccc(Nc3ncc4cc(C(=O)C5CCOCC5)c(=O)n(Cc5ccn(C)c5C5=CCCC5)c4n3)cc2)C1. The Balaban J connectivity index is 1.21. The summed E-state index contributed by atoms with van der Waals surface area (Å²) in [6.45, 7) is 3.40. The molecule has 7 rings (SSSR count). The lowest BCUT2D eigenvalue weighted by atomic mass is 9.91. The largest absolute Gasteiger partial charge is 0.489 e. The molecule has 1 aliphatic carbocycles. The topological polar surface area (TPSA) is 104 Å². The lowest BCUT2D eigenvalue weighted by molar-refractivity contribution is 0.0543. The summed E-state index contributed by atoms with van der Waals surface area (Å²) in [7, 11) is 4.17. The minimum atomic E-state index is -0.321. The zero-order valence-corrected chi connectivity index (χ0v) is 26.7. The Morgan fingerprint density at radius 3 is 2.67 bits per heavy atom. The fourth-order valence-electron chi connectivity index (χ4n) is 7.07. The average molecular weight is 623 g/mol. The number of carbonyl (C=O) groups is 1. The molecule has 2 fully saturated rings. The van der Waals surface area contributed by atoms with Crippen LogP contribution in [0.2, 0.25) is 0 Å². The van der Waals surface area contributed by atoms with Crippen molar-refractivity contribution in [3.05, 3.63) is 82.0 Å². The molecule has 2 aliphatic heterocycles. The number of carbonyl (C=O) groups excluding carboxylic acids is 1. The zero-order chi connectivity index (χ0) is 31.6. The van der Waals surface area contributed by atoms with Crippen LogP contribution >= 0.6 is 0 Å². The van der Waals surface area contributed by atoms with Crippen LogP contribution in [0.15, 0.2) is 59.7 Å². The number of fused-ring (bicyclic) bond motifs is 1. The van der Waals surface area contributed by atoms with Crippen molar-refractivity contribution in [3.8, 4) is 5.75 Å². The highest BCUT2D eigenvalue weighted by molar-refractivity contribution is 6.00. The number of rotatable bonds is 9. The van der Waals surface area contributed by atoms with Crippen LogP contribution < -0.4 is 15.6 Å². The van der Waals surface area contributed by atoms with Gasteiger partial charge in [0.05, 0.1) is 12.1 Å². The van der Waals surface area contributed by atoms with Crippen molar-refractivity contribution in [1.29, 1.82) is 0 Å². The molecule has 1 unspecified atom stereocenters. The molecule has 4 aromatic rings. The van der Waals surface area contributed by atoms with E-state index in [2.05, 4.69) is 39.0 Å². The predicted octanol–water partition coefficient (Wildman–Crippen LogP) is 5.57. The van der Waals surface area contributed by atoms with E-state index < -0.39 is 0 Å². The first-order valence-electron chi connectivity index (χ1n) is 16.5. The fourth-order valence-corrected chi connectivity index (χ4v) is 7.07. The predicted molar refractivity (Wildman–Crippen MR) is 179 cm³/mol. The first-order chi connectivity index (χ1) is 22.4. The van der Waals surface area contributed by atoms with E-state index in [-0.39, 0.29) is 28.9 Å². The van der Waals surface area contributed by atoms with Gasteiger partial charge in [0.25, 0.3) is 5.56 Å². The van der Waals surface area contributed by atoms with Gasteiger partial charge in [0.15, 0.2) is 5.78 Å². The molecular formula is C36H42N6O4. The van der Waals surface area contributed by atoms with E-state index in [0.29, 0.717) is 49.6 Å². The Morgan fingerprint density at radius 1 is 1.09 bits per heavy atom. The molecule has 0 spiro atoms. The van der Waals surface area contributed by atoms with Gasteiger partial charge < -0.3 is 24.3 Å². The van der Waals surface area contributed by atoms with Gasteiger partial charge >= 0.3 is 0 Å². The number of aryl methyl sites for hydroxylation is 1. The zero-order valence-electron chi connectivity index (χ0n) is 26.7. The van der Waals surface area contributed by atoms with E-state index in [0.717, 1.165) is 67.9 Å². The second-order valence-corrected chi connectivity index (χ2v) is 12.9. The molecular weight excluding hydrogens is 580 g/mol. The van der Waals surface area contributed by atoms with Crippen molar-refractivity contribution in [2.24, 2.45) is 13.0 Å². The van der Waals surface area contributed by atoms with Crippen LogP contribution in [0.4, 0.5) is 11.6 Å². The van der Waals surface area contributed by atoms with Gasteiger partial charge in [0.1, 0.15) is 17.5 Å². The van der Waals surface area contributed by atoms with Crippen LogP contribution in [-0.2, 0) is 18.3 Å². The third-order valence-corrected chi connectivity index (χ3v) is 9.51. The Bertz CT molecular complexity index is 1820. The van der Waals surface area contributed by atoms with E-state index >= 15 is 0 Å². The lowest BCUT2D eigenvalue weighted by Gasteiger charge is -2.30. The van der Waals surface area contributed by atoms with Crippen LogP contribution in [0, 0.1) is 5.92 Å². The molecule has 1 aromatic carbocycles. The fraction of sp³-hybridized carbons (Fsp3) is 0.444. The number of ether oxygens (including phenoxy) is 2. The number of piperidine rings is 1. The molecule has 10 heteroatoms. The number of allylic oxidation sites excluding steroid dienone is 2. The molecule has 0 amide bonds. The van der Waals surface area contributed by atoms with Gasteiger partial charge in [-0.2, -0.15) is 4.98 Å². The number of ketones is 1. The molecule has 3 aliphatic rings. The molecule has 3 aromatic heterocycles. The molecule has 0 radical (unpaired) electrons. The maximum absolute atomic E-state index is 14.2. The summed E-state index contributed by atoms with van der Waals surface area (Å²) in [5.41, 5.74) is 4.64. The number of aromatic nitrogens is 4. The Kier molecular flexibility index (Phi) is 8.73. The first kappa shape index (κ1) is 30.4. The number of likely N-dealkylation sites (tertiary alicyclic amines) is 1. The van der Waals surface area contributed by atoms with Crippen molar-refractivity contribution >= 4 is 34.0 Å². The van der Waals surface area contributed by atoms with Gasteiger partial charge in [-0.1, -0.05) is 6.08 Å². The standard InChI is InChI=1S/C36H42N6O4/c1-40-16-5-8-30(23-40)46-29-11-9-28(10-12-29)38-36-37-21-27-20-31(33(43)25-14-18-45-19-15-25)35(44)42(34(27)39-36)22-26-13-17-41(2)32(26)24-6-3-4-7-24/h6,9-13,17,20-21,25,30H,3-5,7-8,14-16,18-19,22-23H2,1-2H3,(H,37,38,39). The van der Waals surface area contributed by atoms with E-state index in [1.165, 1.54) is 5.57 Å². The first-order valence-corrected chi connectivity index (χ1v) is 16.5. The second kappa shape index (κ2) is 13.2. The summed E-state index contributed by atoms with van der Waals surface area (Å²) in [5.74, 6) is 0.853. The van der Waals surface area contributed by atoms with Gasteiger partial charge in [-0.25, -0.2) is 4.98 Å². The van der Waals surface area contributed by atoms with Crippen LogP contribution in [-0.4, -0.2) is 69.2 Å². The number of hydrogen-bond donors (Lipinski definition) is 1. The number of anilines is 2. The van der Waals surface area contributed by atoms with Crippen LogP contribution in [0.1, 0.15) is 66.6 Å². The molecule has 1 atom stereocenters. The Labute approximate surface area is 269 Å². The number of nitrogens with one attached hydrogen (secondary N) is 1. The second-order valence-electron chi connectivity index (χ2n) is 12.9. The summed E-state index contributed by atoms with van der Waals surface area (Å²) in [6.07, 6.45) is 12.9.